The van der Waals surface area contributed by atoms with E-state index in [1.54, 1.807) is 18.2 Å². The Labute approximate surface area is 174 Å². The van der Waals surface area contributed by atoms with E-state index in [2.05, 4.69) is 13.0 Å². The number of halogens is 2. The van der Waals surface area contributed by atoms with Crippen molar-refractivity contribution in [2.75, 3.05) is 6.61 Å². The van der Waals surface area contributed by atoms with Crippen LogP contribution in [0, 0.1) is 29.5 Å². The van der Waals surface area contributed by atoms with E-state index < -0.39 is 11.6 Å². The number of unbranched alkanes of at least 4 members (excludes halogenated alkanes) is 4. The molecule has 1 aliphatic carbocycles. The number of hydrogen-bond acceptors (Lipinski definition) is 1. The van der Waals surface area contributed by atoms with E-state index in [9.17, 15) is 8.78 Å². The molecule has 0 saturated heterocycles. The van der Waals surface area contributed by atoms with Gasteiger partial charge in [-0.15, -0.1) is 0 Å². The molecule has 1 saturated carbocycles. The lowest BCUT2D eigenvalue weighted by atomic mass is 9.80. The minimum atomic E-state index is -0.568. The van der Waals surface area contributed by atoms with E-state index in [1.165, 1.54) is 76.3 Å². The topological polar surface area (TPSA) is 9.23 Å². The van der Waals surface area contributed by atoms with Crippen molar-refractivity contribution in [2.24, 2.45) is 11.8 Å². The Morgan fingerprint density at radius 1 is 0.931 bits per heavy atom. The maximum Gasteiger partial charge on any atom is 0.133 e. The maximum absolute atomic E-state index is 14.0. The van der Waals surface area contributed by atoms with Crippen LogP contribution in [0.3, 0.4) is 0 Å². The van der Waals surface area contributed by atoms with Gasteiger partial charge in [-0.3, -0.25) is 0 Å². The zero-order valence-corrected chi connectivity index (χ0v) is 17.6. The maximum atomic E-state index is 14.0. The molecule has 0 bridgehead atoms. The Balaban J connectivity index is 1.43. The Hall–Kier alpha value is -1.90. The highest BCUT2D eigenvalue weighted by Crippen LogP contribution is 2.33. The molecule has 0 atom stereocenters. The largest absolute Gasteiger partial charge is 0.493 e. The zero-order chi connectivity index (χ0) is 20.5. The van der Waals surface area contributed by atoms with Crippen LogP contribution in [0.2, 0.25) is 0 Å². The number of hydrogen-bond donors (Lipinski definition) is 0. The number of benzene rings is 2. The highest BCUT2D eigenvalue weighted by Gasteiger charge is 2.21. The lowest BCUT2D eigenvalue weighted by Crippen LogP contribution is -2.20. The van der Waals surface area contributed by atoms with Gasteiger partial charge in [0.1, 0.15) is 17.4 Å². The summed E-state index contributed by atoms with van der Waals surface area (Å²) in [5.74, 6) is 0.983. The molecule has 1 radical (unpaired) electrons. The van der Waals surface area contributed by atoms with E-state index in [1.807, 2.05) is 0 Å². The minimum Gasteiger partial charge on any atom is -0.493 e. The van der Waals surface area contributed by atoms with Crippen molar-refractivity contribution in [2.45, 2.75) is 71.1 Å². The molecule has 1 nitrogen and oxygen atoms in total. The SMILES string of the molecule is CCCCCCCC1CCC(COc2[c]ccc(-c3ccc(F)cc3F)c2)CC1. The van der Waals surface area contributed by atoms with E-state index in [0.29, 0.717) is 29.4 Å². The van der Waals surface area contributed by atoms with Gasteiger partial charge in [-0.2, -0.15) is 0 Å². The Bertz CT molecular complexity index is 750. The van der Waals surface area contributed by atoms with Crippen LogP contribution in [0.15, 0.2) is 36.4 Å². The molecule has 157 valence electrons. The summed E-state index contributed by atoms with van der Waals surface area (Å²) in [6, 6.07) is 12.0. The van der Waals surface area contributed by atoms with Gasteiger partial charge >= 0.3 is 0 Å². The van der Waals surface area contributed by atoms with Gasteiger partial charge in [0, 0.05) is 17.7 Å². The average molecular weight is 400 g/mol. The van der Waals surface area contributed by atoms with Crippen molar-refractivity contribution in [1.82, 2.24) is 0 Å². The van der Waals surface area contributed by atoms with Gasteiger partial charge < -0.3 is 4.74 Å². The molecule has 3 rings (SSSR count). The van der Waals surface area contributed by atoms with Gasteiger partial charge in [0.05, 0.1) is 6.61 Å². The van der Waals surface area contributed by atoms with Crippen LogP contribution < -0.4 is 4.74 Å². The molecule has 3 heteroatoms. The van der Waals surface area contributed by atoms with Crippen LogP contribution in [0.25, 0.3) is 11.1 Å². The molecule has 2 aromatic carbocycles. The Morgan fingerprint density at radius 2 is 1.69 bits per heavy atom. The van der Waals surface area contributed by atoms with Crippen LogP contribution in [0.4, 0.5) is 8.78 Å². The highest BCUT2D eigenvalue weighted by atomic mass is 19.1. The van der Waals surface area contributed by atoms with Crippen molar-refractivity contribution in [1.29, 1.82) is 0 Å². The van der Waals surface area contributed by atoms with Crippen molar-refractivity contribution < 1.29 is 13.5 Å². The van der Waals surface area contributed by atoms with Crippen LogP contribution >= 0.6 is 0 Å². The first-order valence-electron chi connectivity index (χ1n) is 11.3. The second-order valence-electron chi connectivity index (χ2n) is 8.47. The van der Waals surface area contributed by atoms with Gasteiger partial charge in [0.2, 0.25) is 0 Å². The average Bonchev–Trinajstić information content (AvgIpc) is 2.73. The summed E-state index contributed by atoms with van der Waals surface area (Å²) in [7, 11) is 0. The highest BCUT2D eigenvalue weighted by molar-refractivity contribution is 5.65. The van der Waals surface area contributed by atoms with E-state index in [0.717, 1.165) is 12.0 Å². The van der Waals surface area contributed by atoms with Gasteiger partial charge in [0.15, 0.2) is 0 Å². The lowest BCUT2D eigenvalue weighted by Gasteiger charge is -2.28. The molecule has 0 aromatic heterocycles. The van der Waals surface area contributed by atoms with Crippen molar-refractivity contribution in [3.8, 4) is 16.9 Å². The Morgan fingerprint density at radius 3 is 2.45 bits per heavy atom. The summed E-state index contributed by atoms with van der Waals surface area (Å²) in [6.45, 7) is 2.95. The second kappa shape index (κ2) is 11.3. The third-order valence-electron chi connectivity index (χ3n) is 6.17. The summed E-state index contributed by atoms with van der Waals surface area (Å²) in [5.41, 5.74) is 1.06. The molecule has 1 fully saturated rings. The molecule has 29 heavy (non-hydrogen) atoms. The molecule has 1 aliphatic rings. The summed E-state index contributed by atoms with van der Waals surface area (Å²) in [4.78, 5) is 0. The predicted molar refractivity (Wildman–Crippen MR) is 115 cm³/mol. The zero-order valence-electron chi connectivity index (χ0n) is 17.6. The molecule has 0 aliphatic heterocycles. The van der Waals surface area contributed by atoms with Gasteiger partial charge in [-0.25, -0.2) is 8.78 Å². The smallest absolute Gasteiger partial charge is 0.133 e. The summed E-state index contributed by atoms with van der Waals surface area (Å²) in [5, 5.41) is 0. The molecular weight excluding hydrogens is 366 g/mol. The number of rotatable bonds is 10. The van der Waals surface area contributed by atoms with Crippen molar-refractivity contribution >= 4 is 0 Å². The van der Waals surface area contributed by atoms with Crippen LogP contribution in [0.5, 0.6) is 5.75 Å². The lowest BCUT2D eigenvalue weighted by molar-refractivity contribution is 0.177. The fraction of sp³-hybridized carbons (Fsp3) is 0.538. The summed E-state index contributed by atoms with van der Waals surface area (Å²) in [6.07, 6.45) is 13.3. The third kappa shape index (κ3) is 6.83. The standard InChI is InChI=1S/C26H33F2O/c1-2-3-4-5-6-8-20-11-13-21(14-12-20)19-29-24-10-7-9-22(17-24)25-16-15-23(27)18-26(25)28/h7,9,15-18,20-21H,2-6,8,11-14,19H2,1H3. The molecular formula is C26H33F2O. The second-order valence-corrected chi connectivity index (χ2v) is 8.47. The molecule has 0 heterocycles. The van der Waals surface area contributed by atoms with Crippen molar-refractivity contribution in [3.05, 3.63) is 54.1 Å². The fourth-order valence-electron chi connectivity index (χ4n) is 4.35. The molecule has 2 aromatic rings. The summed E-state index contributed by atoms with van der Waals surface area (Å²) < 4.78 is 33.2. The molecule has 0 amide bonds. The first-order chi connectivity index (χ1) is 14.2. The van der Waals surface area contributed by atoms with Gasteiger partial charge in [0.25, 0.3) is 0 Å². The van der Waals surface area contributed by atoms with Gasteiger partial charge in [-0.1, -0.05) is 64.4 Å². The van der Waals surface area contributed by atoms with Crippen LogP contribution in [-0.2, 0) is 0 Å². The van der Waals surface area contributed by atoms with Crippen LogP contribution in [0.1, 0.15) is 71.1 Å². The van der Waals surface area contributed by atoms with Crippen molar-refractivity contribution in [3.63, 3.8) is 0 Å². The minimum absolute atomic E-state index is 0.379. The molecule has 0 N–H and O–H groups in total. The molecule has 0 unspecified atom stereocenters. The Kier molecular flexibility index (Phi) is 8.52. The van der Waals surface area contributed by atoms with Gasteiger partial charge in [-0.05, 0) is 54.5 Å². The van der Waals surface area contributed by atoms with E-state index in [-0.39, 0.29) is 0 Å². The van der Waals surface area contributed by atoms with Crippen LogP contribution in [-0.4, -0.2) is 6.61 Å². The van der Waals surface area contributed by atoms with E-state index in [4.69, 9.17) is 4.74 Å². The van der Waals surface area contributed by atoms with E-state index >= 15 is 0 Å². The predicted octanol–water partition coefficient (Wildman–Crippen LogP) is 7.98. The summed E-state index contributed by atoms with van der Waals surface area (Å²) >= 11 is 0. The molecule has 0 spiro atoms. The first-order valence-corrected chi connectivity index (χ1v) is 11.3. The quantitative estimate of drug-likeness (QED) is 0.368. The third-order valence-corrected chi connectivity index (χ3v) is 6.17. The normalized spacial score (nSPS) is 19.3. The fourth-order valence-corrected chi connectivity index (χ4v) is 4.35. The number of ether oxygens (including phenoxy) is 1. The first kappa shape index (κ1) is 21.8. The monoisotopic (exact) mass is 399 g/mol.